The van der Waals surface area contributed by atoms with Crippen molar-refractivity contribution in [2.24, 2.45) is 0 Å². The molecule has 1 N–H and O–H groups in total. The van der Waals surface area contributed by atoms with Gasteiger partial charge in [0.15, 0.2) is 23.1 Å². The largest absolute Gasteiger partial charge is 0.493 e. The summed E-state index contributed by atoms with van der Waals surface area (Å²) in [6.07, 6.45) is 1.16. The van der Waals surface area contributed by atoms with Gasteiger partial charge in [-0.3, -0.25) is 19.7 Å². The van der Waals surface area contributed by atoms with Gasteiger partial charge < -0.3 is 18.9 Å². The van der Waals surface area contributed by atoms with Gasteiger partial charge in [-0.25, -0.2) is 27.3 Å². The predicted molar refractivity (Wildman–Crippen MR) is 153 cm³/mol. The van der Waals surface area contributed by atoms with E-state index >= 15 is 4.39 Å². The molecule has 0 aliphatic rings. The molecule has 0 radical (unpaired) electrons. The molecule has 44 heavy (non-hydrogen) atoms. The third kappa shape index (κ3) is 6.04. The molecule has 3 aromatic carbocycles. The molecule has 2 heterocycles. The molecular formula is C30H23F3N4O7. The van der Waals surface area contributed by atoms with E-state index in [4.69, 9.17) is 18.9 Å². The van der Waals surface area contributed by atoms with Gasteiger partial charge in [0.05, 0.1) is 38.2 Å². The van der Waals surface area contributed by atoms with E-state index in [9.17, 15) is 23.2 Å². The SMILES string of the molecule is COc1cc2nccc(Oc3ccc(NC(=O)Oc4cn(CCF)c(=O)n(-c5ccc(F)cc5)c4=O)cc3F)c2cc1OC. The average molecular weight is 609 g/mol. The van der Waals surface area contributed by atoms with Crippen LogP contribution in [0, 0.1) is 11.6 Å². The maximum atomic E-state index is 15.1. The summed E-state index contributed by atoms with van der Waals surface area (Å²) >= 11 is 0. The van der Waals surface area contributed by atoms with Crippen LogP contribution in [0.3, 0.4) is 0 Å². The number of nitrogens with zero attached hydrogens (tertiary/aromatic N) is 3. The molecular weight excluding hydrogens is 585 g/mol. The van der Waals surface area contributed by atoms with Crippen LogP contribution in [0.2, 0.25) is 0 Å². The van der Waals surface area contributed by atoms with E-state index in [-0.39, 0.29) is 22.9 Å². The number of benzene rings is 3. The first kappa shape index (κ1) is 29.7. The number of halogens is 3. The number of nitrogens with one attached hydrogen (secondary N) is 1. The Kier molecular flexibility index (Phi) is 8.51. The third-order valence-corrected chi connectivity index (χ3v) is 6.34. The van der Waals surface area contributed by atoms with E-state index in [1.165, 1.54) is 38.6 Å². The first-order valence-corrected chi connectivity index (χ1v) is 12.9. The topological polar surface area (TPSA) is 123 Å². The van der Waals surface area contributed by atoms with Gasteiger partial charge in [0.25, 0.3) is 0 Å². The van der Waals surface area contributed by atoms with Gasteiger partial charge in [-0.1, -0.05) is 0 Å². The second-order valence-corrected chi connectivity index (χ2v) is 9.07. The van der Waals surface area contributed by atoms with E-state index in [2.05, 4.69) is 10.3 Å². The van der Waals surface area contributed by atoms with Gasteiger partial charge in [0.1, 0.15) is 18.2 Å². The van der Waals surface area contributed by atoms with Crippen LogP contribution in [-0.4, -0.2) is 41.1 Å². The highest BCUT2D eigenvalue weighted by atomic mass is 19.1. The molecule has 0 bridgehead atoms. The number of amides is 1. The molecule has 0 aliphatic heterocycles. The van der Waals surface area contributed by atoms with Gasteiger partial charge in [-0.05, 0) is 48.5 Å². The number of anilines is 1. The highest BCUT2D eigenvalue weighted by molar-refractivity contribution is 5.88. The highest BCUT2D eigenvalue weighted by Crippen LogP contribution is 2.37. The zero-order valence-corrected chi connectivity index (χ0v) is 23.2. The number of aryl methyl sites for hydroxylation is 1. The van der Waals surface area contributed by atoms with Crippen molar-refractivity contribution in [1.29, 1.82) is 0 Å². The summed E-state index contributed by atoms with van der Waals surface area (Å²) in [5.74, 6) is -1.12. The zero-order chi connectivity index (χ0) is 31.4. The number of carbonyl (C=O) groups excluding carboxylic acids is 1. The Bertz CT molecular complexity index is 1980. The Morgan fingerprint density at radius 2 is 1.61 bits per heavy atom. The van der Waals surface area contributed by atoms with E-state index < -0.39 is 47.9 Å². The Labute approximate surface area is 246 Å². The van der Waals surface area contributed by atoms with Crippen LogP contribution in [0.1, 0.15) is 0 Å². The minimum Gasteiger partial charge on any atom is -0.493 e. The van der Waals surface area contributed by atoms with Crippen LogP contribution in [0.5, 0.6) is 28.7 Å². The lowest BCUT2D eigenvalue weighted by Gasteiger charge is -2.14. The Morgan fingerprint density at radius 3 is 2.30 bits per heavy atom. The van der Waals surface area contributed by atoms with Crippen LogP contribution in [-0.2, 0) is 6.54 Å². The van der Waals surface area contributed by atoms with Crippen molar-refractivity contribution in [3.05, 3.63) is 106 Å². The smallest absolute Gasteiger partial charge is 0.417 e. The standard InChI is InChI=1S/C30H23F3N4O7/c1-41-25-14-20-22(15-26(25)42-2)34-11-9-23(20)43-24-8-5-18(13-21(24)33)35-29(39)44-27-16-36(12-10-31)30(40)37(28(27)38)19-6-3-17(32)4-7-19/h3-9,11,13-16H,10,12H2,1-2H3,(H,35,39). The lowest BCUT2D eigenvalue weighted by atomic mass is 10.2. The summed E-state index contributed by atoms with van der Waals surface area (Å²) in [5, 5.41) is 2.81. The Hall–Kier alpha value is -5.79. The fraction of sp³-hybridized carbons (Fsp3) is 0.133. The molecule has 226 valence electrons. The maximum absolute atomic E-state index is 15.1. The minimum atomic E-state index is -1.20. The predicted octanol–water partition coefficient (Wildman–Crippen LogP) is 5.22. The third-order valence-electron chi connectivity index (χ3n) is 6.34. The molecule has 14 heteroatoms. The van der Waals surface area contributed by atoms with Crippen molar-refractivity contribution >= 4 is 22.7 Å². The number of rotatable bonds is 9. The first-order chi connectivity index (χ1) is 21.2. The summed E-state index contributed by atoms with van der Waals surface area (Å²) in [6.45, 7) is -1.41. The van der Waals surface area contributed by atoms with Crippen LogP contribution >= 0.6 is 0 Å². The normalized spacial score (nSPS) is 10.8. The number of fused-ring (bicyclic) bond motifs is 1. The molecule has 5 aromatic rings. The number of ether oxygens (including phenoxy) is 4. The molecule has 0 atom stereocenters. The van der Waals surface area contributed by atoms with Gasteiger partial charge in [-0.15, -0.1) is 0 Å². The van der Waals surface area contributed by atoms with Crippen molar-refractivity contribution < 1.29 is 36.9 Å². The molecule has 11 nitrogen and oxygen atoms in total. The molecule has 0 fully saturated rings. The fourth-order valence-electron chi connectivity index (χ4n) is 4.28. The number of pyridine rings is 1. The number of carbonyl (C=O) groups is 1. The monoisotopic (exact) mass is 608 g/mol. The minimum absolute atomic E-state index is 0.0305. The molecule has 0 saturated heterocycles. The molecule has 0 aliphatic carbocycles. The summed E-state index contributed by atoms with van der Waals surface area (Å²) in [7, 11) is 2.96. The number of methoxy groups -OCH3 is 2. The van der Waals surface area contributed by atoms with Crippen molar-refractivity contribution in [3.63, 3.8) is 0 Å². The van der Waals surface area contributed by atoms with E-state index in [0.717, 1.165) is 41.1 Å². The van der Waals surface area contributed by atoms with Crippen LogP contribution in [0.25, 0.3) is 16.6 Å². The number of alkyl halides is 1. The highest BCUT2D eigenvalue weighted by Gasteiger charge is 2.18. The average Bonchev–Trinajstić information content (AvgIpc) is 3.01. The van der Waals surface area contributed by atoms with Gasteiger partial charge >= 0.3 is 17.3 Å². The number of hydrogen-bond donors (Lipinski definition) is 1. The molecule has 0 spiro atoms. The van der Waals surface area contributed by atoms with Crippen LogP contribution in [0.15, 0.2) is 82.6 Å². The zero-order valence-electron chi connectivity index (χ0n) is 23.2. The fourth-order valence-corrected chi connectivity index (χ4v) is 4.28. The van der Waals surface area contributed by atoms with Gasteiger partial charge in [-0.2, -0.15) is 0 Å². The van der Waals surface area contributed by atoms with E-state index in [1.54, 1.807) is 12.1 Å². The summed E-state index contributed by atoms with van der Waals surface area (Å²) in [4.78, 5) is 42.7. The van der Waals surface area contributed by atoms with E-state index in [1.807, 2.05) is 0 Å². The Balaban J connectivity index is 1.37. The lowest BCUT2D eigenvalue weighted by molar-refractivity contribution is 0.213. The molecule has 5 rings (SSSR count). The van der Waals surface area contributed by atoms with E-state index in [0.29, 0.717) is 27.0 Å². The van der Waals surface area contributed by atoms with Gasteiger partial charge in [0, 0.05) is 29.4 Å². The van der Waals surface area contributed by atoms with Crippen LogP contribution < -0.4 is 35.5 Å². The quantitative estimate of drug-likeness (QED) is 0.242. The van der Waals surface area contributed by atoms with Crippen molar-refractivity contribution in [1.82, 2.24) is 14.1 Å². The molecule has 1 amide bonds. The molecule has 0 saturated carbocycles. The first-order valence-electron chi connectivity index (χ1n) is 12.9. The molecule has 2 aromatic heterocycles. The maximum Gasteiger partial charge on any atom is 0.417 e. The summed E-state index contributed by atoms with van der Waals surface area (Å²) in [5.41, 5.74) is -1.55. The summed E-state index contributed by atoms with van der Waals surface area (Å²) in [6, 6.07) is 12.8. The number of aromatic nitrogens is 3. The van der Waals surface area contributed by atoms with Crippen molar-refractivity contribution in [3.8, 4) is 34.4 Å². The Morgan fingerprint density at radius 1 is 0.886 bits per heavy atom. The van der Waals surface area contributed by atoms with Crippen LogP contribution in [0.4, 0.5) is 23.7 Å². The second kappa shape index (κ2) is 12.6. The number of hydrogen-bond acceptors (Lipinski definition) is 8. The molecule has 0 unspecified atom stereocenters. The van der Waals surface area contributed by atoms with Crippen molar-refractivity contribution in [2.75, 3.05) is 26.2 Å². The van der Waals surface area contributed by atoms with Gasteiger partial charge in [0.2, 0.25) is 5.75 Å². The van der Waals surface area contributed by atoms with Crippen molar-refractivity contribution in [2.45, 2.75) is 6.54 Å². The second-order valence-electron chi connectivity index (χ2n) is 9.07. The lowest BCUT2D eigenvalue weighted by Crippen LogP contribution is -2.40. The summed E-state index contributed by atoms with van der Waals surface area (Å²) < 4.78 is 64.5.